The minimum atomic E-state index is -0.364. The zero-order valence-electron chi connectivity index (χ0n) is 8.84. The molecule has 5 nitrogen and oxygen atoms in total. The van der Waals surface area contributed by atoms with Crippen molar-refractivity contribution in [1.82, 2.24) is 16.3 Å². The standard InChI is InChI=1S/C10H12Cl2N4O/c11-5-1-2-6(7(12)3-5)8-4-9(16-15-8)10(17)14-13/h1-3,8-9,15-16H,4,13H2,(H,14,17). The number of nitrogens with one attached hydrogen (secondary N) is 3. The third-order valence-electron chi connectivity index (χ3n) is 2.70. The van der Waals surface area contributed by atoms with Crippen molar-refractivity contribution in [2.45, 2.75) is 18.5 Å². The predicted molar refractivity (Wildman–Crippen MR) is 66.2 cm³/mol. The fourth-order valence-electron chi connectivity index (χ4n) is 1.82. The second kappa shape index (κ2) is 5.20. The van der Waals surface area contributed by atoms with Gasteiger partial charge in [0.25, 0.3) is 5.91 Å². The molecule has 1 aromatic carbocycles. The van der Waals surface area contributed by atoms with Gasteiger partial charge < -0.3 is 0 Å². The Hall–Kier alpha value is -0.850. The van der Waals surface area contributed by atoms with Crippen LogP contribution in [-0.4, -0.2) is 11.9 Å². The molecule has 0 bridgehead atoms. The molecule has 1 aliphatic heterocycles. The van der Waals surface area contributed by atoms with Gasteiger partial charge in [-0.1, -0.05) is 29.3 Å². The van der Waals surface area contributed by atoms with Gasteiger partial charge in [-0.05, 0) is 24.1 Å². The van der Waals surface area contributed by atoms with Crippen LogP contribution in [0.1, 0.15) is 18.0 Å². The first-order valence-corrected chi connectivity index (χ1v) is 5.84. The lowest BCUT2D eigenvalue weighted by Gasteiger charge is -2.11. The van der Waals surface area contributed by atoms with Crippen molar-refractivity contribution in [3.8, 4) is 0 Å². The monoisotopic (exact) mass is 274 g/mol. The summed E-state index contributed by atoms with van der Waals surface area (Å²) in [6.07, 6.45) is 0.574. The Balaban J connectivity index is 2.12. The molecule has 1 heterocycles. The average molecular weight is 275 g/mol. The zero-order valence-corrected chi connectivity index (χ0v) is 10.3. The van der Waals surface area contributed by atoms with Crippen molar-refractivity contribution in [2.24, 2.45) is 5.84 Å². The molecule has 5 N–H and O–H groups in total. The summed E-state index contributed by atoms with van der Waals surface area (Å²) in [7, 11) is 0. The van der Waals surface area contributed by atoms with E-state index in [2.05, 4.69) is 16.3 Å². The summed E-state index contributed by atoms with van der Waals surface area (Å²) in [4.78, 5) is 11.3. The Morgan fingerprint density at radius 2 is 2.18 bits per heavy atom. The fourth-order valence-corrected chi connectivity index (χ4v) is 2.36. The highest BCUT2D eigenvalue weighted by molar-refractivity contribution is 6.35. The lowest BCUT2D eigenvalue weighted by Crippen LogP contribution is -2.45. The second-order valence-corrected chi connectivity index (χ2v) is 4.65. The molecule has 1 amide bonds. The van der Waals surface area contributed by atoms with Crippen LogP contribution in [0, 0.1) is 0 Å². The van der Waals surface area contributed by atoms with E-state index in [1.807, 2.05) is 6.07 Å². The van der Waals surface area contributed by atoms with Crippen molar-refractivity contribution in [2.75, 3.05) is 0 Å². The van der Waals surface area contributed by atoms with Crippen molar-refractivity contribution in [3.05, 3.63) is 33.8 Å². The molecular formula is C10H12Cl2N4O. The molecule has 7 heteroatoms. The fraction of sp³-hybridized carbons (Fsp3) is 0.300. The number of amides is 1. The molecule has 2 atom stereocenters. The molecule has 0 saturated carbocycles. The molecule has 1 fully saturated rings. The van der Waals surface area contributed by atoms with Crippen LogP contribution in [0.25, 0.3) is 0 Å². The van der Waals surface area contributed by atoms with E-state index in [0.717, 1.165) is 5.56 Å². The maximum absolute atomic E-state index is 11.3. The lowest BCUT2D eigenvalue weighted by molar-refractivity contribution is -0.122. The minimum Gasteiger partial charge on any atom is -0.293 e. The number of hydrogen-bond acceptors (Lipinski definition) is 4. The normalized spacial score (nSPS) is 23.7. The molecule has 2 rings (SSSR count). The number of carbonyl (C=O) groups is 1. The second-order valence-electron chi connectivity index (χ2n) is 3.80. The highest BCUT2D eigenvalue weighted by atomic mass is 35.5. The maximum atomic E-state index is 11.3. The molecule has 1 aromatic rings. The molecule has 92 valence electrons. The molecular weight excluding hydrogens is 263 g/mol. The molecule has 1 saturated heterocycles. The first kappa shape index (κ1) is 12.6. The van der Waals surface area contributed by atoms with Crippen LogP contribution >= 0.6 is 23.2 Å². The van der Waals surface area contributed by atoms with Crippen molar-refractivity contribution < 1.29 is 4.79 Å². The number of rotatable bonds is 2. The van der Waals surface area contributed by atoms with Crippen LogP contribution in [0.3, 0.4) is 0 Å². The summed E-state index contributed by atoms with van der Waals surface area (Å²) < 4.78 is 0. The molecule has 17 heavy (non-hydrogen) atoms. The quantitative estimate of drug-likeness (QED) is 0.367. The Labute approximate surface area is 109 Å². The first-order chi connectivity index (χ1) is 8.11. The Bertz CT molecular complexity index is 440. The van der Waals surface area contributed by atoms with Gasteiger partial charge in [-0.2, -0.15) is 0 Å². The summed E-state index contributed by atoms with van der Waals surface area (Å²) in [5.74, 6) is 4.82. The van der Waals surface area contributed by atoms with Crippen LogP contribution < -0.4 is 22.1 Å². The summed E-state index contributed by atoms with van der Waals surface area (Å²) in [5.41, 5.74) is 8.87. The van der Waals surface area contributed by atoms with E-state index in [-0.39, 0.29) is 18.0 Å². The SMILES string of the molecule is NNC(=O)C1CC(c2ccc(Cl)cc2Cl)NN1. The summed E-state index contributed by atoms with van der Waals surface area (Å²) in [6, 6.07) is 4.88. The van der Waals surface area contributed by atoms with Crippen molar-refractivity contribution in [1.29, 1.82) is 0 Å². The number of hydrogen-bond donors (Lipinski definition) is 4. The van der Waals surface area contributed by atoms with Crippen LogP contribution in [0.15, 0.2) is 18.2 Å². The summed E-state index contributed by atoms with van der Waals surface area (Å²) in [6.45, 7) is 0. The van der Waals surface area contributed by atoms with Crippen LogP contribution in [0.5, 0.6) is 0 Å². The predicted octanol–water partition coefficient (Wildman–Crippen LogP) is 0.891. The van der Waals surface area contributed by atoms with E-state index >= 15 is 0 Å². The number of hydrazine groups is 2. The molecule has 0 aliphatic carbocycles. The number of nitrogens with two attached hydrogens (primary N) is 1. The topological polar surface area (TPSA) is 79.2 Å². The zero-order chi connectivity index (χ0) is 12.4. The smallest absolute Gasteiger partial charge is 0.252 e. The van der Waals surface area contributed by atoms with Crippen molar-refractivity contribution >= 4 is 29.1 Å². The minimum absolute atomic E-state index is 0.0398. The molecule has 0 aromatic heterocycles. The highest BCUT2D eigenvalue weighted by Crippen LogP contribution is 2.30. The molecule has 0 spiro atoms. The van der Waals surface area contributed by atoms with Gasteiger partial charge in [0.05, 0.1) is 0 Å². The Morgan fingerprint density at radius 1 is 1.41 bits per heavy atom. The van der Waals surface area contributed by atoms with E-state index in [4.69, 9.17) is 29.0 Å². The number of benzene rings is 1. The van der Waals surface area contributed by atoms with E-state index in [1.54, 1.807) is 12.1 Å². The van der Waals surface area contributed by atoms with E-state index in [1.165, 1.54) is 0 Å². The number of halogens is 2. The molecule has 1 aliphatic rings. The highest BCUT2D eigenvalue weighted by Gasteiger charge is 2.30. The Kier molecular flexibility index (Phi) is 3.86. The van der Waals surface area contributed by atoms with E-state index in [9.17, 15) is 4.79 Å². The summed E-state index contributed by atoms with van der Waals surface area (Å²) >= 11 is 11.9. The van der Waals surface area contributed by atoms with E-state index < -0.39 is 0 Å². The van der Waals surface area contributed by atoms with Crippen LogP contribution in [0.4, 0.5) is 0 Å². The van der Waals surface area contributed by atoms with E-state index in [0.29, 0.717) is 16.5 Å². The Morgan fingerprint density at radius 3 is 2.82 bits per heavy atom. The van der Waals surface area contributed by atoms with Gasteiger partial charge in [-0.25, -0.2) is 16.7 Å². The third-order valence-corrected chi connectivity index (χ3v) is 3.26. The van der Waals surface area contributed by atoms with Gasteiger partial charge in [0.1, 0.15) is 6.04 Å². The van der Waals surface area contributed by atoms with Gasteiger partial charge in [-0.15, -0.1) is 0 Å². The largest absolute Gasteiger partial charge is 0.293 e. The first-order valence-electron chi connectivity index (χ1n) is 5.08. The summed E-state index contributed by atoms with van der Waals surface area (Å²) in [5, 5.41) is 1.16. The lowest BCUT2D eigenvalue weighted by atomic mass is 10.0. The van der Waals surface area contributed by atoms with Gasteiger partial charge in [-0.3, -0.25) is 10.2 Å². The number of carbonyl (C=O) groups excluding carboxylic acids is 1. The third kappa shape index (κ3) is 2.70. The van der Waals surface area contributed by atoms with Crippen LogP contribution in [0.2, 0.25) is 10.0 Å². The average Bonchev–Trinajstić information content (AvgIpc) is 2.77. The maximum Gasteiger partial charge on any atom is 0.252 e. The van der Waals surface area contributed by atoms with Gasteiger partial charge >= 0.3 is 0 Å². The van der Waals surface area contributed by atoms with Crippen LogP contribution in [-0.2, 0) is 4.79 Å². The van der Waals surface area contributed by atoms with Gasteiger partial charge in [0.15, 0.2) is 0 Å². The molecule has 2 unspecified atom stereocenters. The van der Waals surface area contributed by atoms with Gasteiger partial charge in [0, 0.05) is 16.1 Å². The molecule has 0 radical (unpaired) electrons. The van der Waals surface area contributed by atoms with Crippen molar-refractivity contribution in [3.63, 3.8) is 0 Å². The van der Waals surface area contributed by atoms with Gasteiger partial charge in [0.2, 0.25) is 0 Å².